The number of urea groups is 1. The van der Waals surface area contributed by atoms with Crippen LogP contribution in [0.1, 0.15) is 5.56 Å². The van der Waals surface area contributed by atoms with E-state index in [2.05, 4.69) is 22.3 Å². The Morgan fingerprint density at radius 2 is 1.63 bits per heavy atom. The average molecular weight is 374 g/mol. The lowest BCUT2D eigenvalue weighted by atomic mass is 10.2. The molecule has 7 heteroatoms. The number of piperazine rings is 1. The zero-order valence-corrected chi connectivity index (χ0v) is 15.6. The summed E-state index contributed by atoms with van der Waals surface area (Å²) in [4.78, 5) is 17.7. The fourth-order valence-electron chi connectivity index (χ4n) is 3.22. The van der Waals surface area contributed by atoms with Crippen molar-refractivity contribution in [3.63, 3.8) is 0 Å². The molecule has 1 saturated heterocycles. The number of amides is 2. The highest BCUT2D eigenvalue weighted by atomic mass is 19.1. The molecule has 0 bridgehead atoms. The van der Waals surface area contributed by atoms with Crippen LogP contribution in [-0.4, -0.2) is 56.1 Å². The molecule has 0 spiro atoms. The van der Waals surface area contributed by atoms with Crippen LogP contribution in [0.15, 0.2) is 42.5 Å². The average Bonchev–Trinajstić information content (AvgIpc) is 2.62. The first-order chi connectivity index (χ1) is 12.9. The van der Waals surface area contributed by atoms with Crippen LogP contribution in [0.2, 0.25) is 0 Å². The number of nitrogens with one attached hydrogen (secondary N) is 1. The third-order valence-electron chi connectivity index (χ3n) is 4.62. The highest BCUT2D eigenvalue weighted by molar-refractivity contribution is 5.89. The van der Waals surface area contributed by atoms with Crippen LogP contribution in [0, 0.1) is 11.6 Å². The topological polar surface area (TPSA) is 38.8 Å². The molecule has 0 atom stereocenters. The largest absolute Gasteiger partial charge is 0.373 e. The molecule has 3 rings (SSSR count). The van der Waals surface area contributed by atoms with E-state index in [-0.39, 0.29) is 17.4 Å². The van der Waals surface area contributed by atoms with Crippen molar-refractivity contribution in [2.24, 2.45) is 0 Å². The van der Waals surface area contributed by atoms with Gasteiger partial charge in [0.25, 0.3) is 0 Å². The van der Waals surface area contributed by atoms with Gasteiger partial charge in [-0.25, -0.2) is 13.6 Å². The normalized spacial score (nSPS) is 14.9. The van der Waals surface area contributed by atoms with E-state index < -0.39 is 11.6 Å². The van der Waals surface area contributed by atoms with E-state index >= 15 is 0 Å². The highest BCUT2D eigenvalue weighted by Crippen LogP contribution is 2.25. The smallest absolute Gasteiger partial charge is 0.321 e. The molecule has 1 N–H and O–H groups in total. The molecule has 27 heavy (non-hydrogen) atoms. The minimum atomic E-state index is -0.706. The summed E-state index contributed by atoms with van der Waals surface area (Å²) in [5.74, 6) is -1.41. The summed E-state index contributed by atoms with van der Waals surface area (Å²) in [6, 6.07) is 12.1. The number of anilines is 2. The van der Waals surface area contributed by atoms with Crippen LogP contribution in [0.3, 0.4) is 0 Å². The van der Waals surface area contributed by atoms with Crippen molar-refractivity contribution in [2.75, 3.05) is 50.5 Å². The van der Waals surface area contributed by atoms with Crippen LogP contribution in [0.4, 0.5) is 25.0 Å². The monoisotopic (exact) mass is 374 g/mol. The van der Waals surface area contributed by atoms with E-state index in [0.29, 0.717) is 13.1 Å². The van der Waals surface area contributed by atoms with Gasteiger partial charge in [0, 0.05) is 52.5 Å². The van der Waals surface area contributed by atoms with Crippen molar-refractivity contribution in [1.82, 2.24) is 9.80 Å². The quantitative estimate of drug-likeness (QED) is 0.892. The third-order valence-corrected chi connectivity index (χ3v) is 4.62. The van der Waals surface area contributed by atoms with Crippen LogP contribution in [0.25, 0.3) is 0 Å². The number of nitrogens with zero attached hydrogens (tertiary/aromatic N) is 3. The molecule has 144 valence electrons. The summed E-state index contributed by atoms with van der Waals surface area (Å²) in [6.07, 6.45) is 0. The summed E-state index contributed by atoms with van der Waals surface area (Å²) in [6.45, 7) is 3.49. The van der Waals surface area contributed by atoms with Gasteiger partial charge in [0.15, 0.2) is 11.6 Å². The Morgan fingerprint density at radius 1 is 1.04 bits per heavy atom. The Labute approximate surface area is 158 Å². The number of hydrogen-bond donors (Lipinski definition) is 1. The third kappa shape index (κ3) is 4.74. The number of benzene rings is 2. The number of carbonyl (C=O) groups is 1. The second-order valence-electron chi connectivity index (χ2n) is 6.86. The SMILES string of the molecule is CN(C)c1c(F)cc(NC(=O)N2CCN(Cc3ccccc3)CC2)cc1F. The number of carbonyl (C=O) groups excluding carboxylic acids is 1. The van der Waals surface area contributed by atoms with Crippen molar-refractivity contribution in [1.29, 1.82) is 0 Å². The zero-order valence-electron chi connectivity index (χ0n) is 15.6. The number of hydrogen-bond acceptors (Lipinski definition) is 3. The molecule has 0 aromatic heterocycles. The molecule has 2 aromatic rings. The molecular weight excluding hydrogens is 350 g/mol. The molecule has 0 radical (unpaired) electrons. The van der Waals surface area contributed by atoms with E-state index in [9.17, 15) is 13.6 Å². The molecule has 2 amide bonds. The van der Waals surface area contributed by atoms with Crippen molar-refractivity contribution < 1.29 is 13.6 Å². The minimum absolute atomic E-state index is 0.118. The van der Waals surface area contributed by atoms with Crippen LogP contribution in [0.5, 0.6) is 0 Å². The summed E-state index contributed by atoms with van der Waals surface area (Å²) in [7, 11) is 3.13. The van der Waals surface area contributed by atoms with E-state index in [4.69, 9.17) is 0 Å². The lowest BCUT2D eigenvalue weighted by molar-refractivity contribution is 0.143. The van der Waals surface area contributed by atoms with Gasteiger partial charge in [-0.05, 0) is 17.7 Å². The summed E-state index contributed by atoms with van der Waals surface area (Å²) >= 11 is 0. The number of halogens is 2. The molecular formula is C20H24F2N4O. The Hall–Kier alpha value is -2.67. The summed E-state index contributed by atoms with van der Waals surface area (Å²) < 4.78 is 28.1. The summed E-state index contributed by atoms with van der Waals surface area (Å²) in [5, 5.41) is 2.59. The van der Waals surface area contributed by atoms with Gasteiger partial charge in [0.1, 0.15) is 5.69 Å². The minimum Gasteiger partial charge on any atom is -0.373 e. The first-order valence-corrected chi connectivity index (χ1v) is 8.92. The molecule has 0 saturated carbocycles. The molecule has 0 aliphatic carbocycles. The molecule has 1 fully saturated rings. The summed E-state index contributed by atoms with van der Waals surface area (Å²) in [5.41, 5.74) is 1.23. The van der Waals surface area contributed by atoms with Gasteiger partial charge in [-0.15, -0.1) is 0 Å². The predicted octanol–water partition coefficient (Wildman–Crippen LogP) is 3.38. The fraction of sp³-hybridized carbons (Fsp3) is 0.350. The Morgan fingerprint density at radius 3 is 2.19 bits per heavy atom. The molecule has 1 heterocycles. The fourth-order valence-corrected chi connectivity index (χ4v) is 3.22. The van der Waals surface area contributed by atoms with Gasteiger partial charge in [0.2, 0.25) is 0 Å². The molecule has 1 aliphatic heterocycles. The van der Waals surface area contributed by atoms with Gasteiger partial charge < -0.3 is 15.1 Å². The lowest BCUT2D eigenvalue weighted by Crippen LogP contribution is -2.49. The van der Waals surface area contributed by atoms with Gasteiger partial charge >= 0.3 is 6.03 Å². The highest BCUT2D eigenvalue weighted by Gasteiger charge is 2.22. The van der Waals surface area contributed by atoms with Crippen molar-refractivity contribution in [3.05, 3.63) is 59.7 Å². The van der Waals surface area contributed by atoms with Crippen LogP contribution < -0.4 is 10.2 Å². The number of rotatable bonds is 4. The second kappa shape index (κ2) is 8.35. The van der Waals surface area contributed by atoms with Gasteiger partial charge in [-0.1, -0.05) is 30.3 Å². The van der Waals surface area contributed by atoms with Crippen molar-refractivity contribution in [2.45, 2.75) is 6.54 Å². The van der Waals surface area contributed by atoms with Crippen LogP contribution in [-0.2, 0) is 6.54 Å². The van der Waals surface area contributed by atoms with E-state index in [0.717, 1.165) is 31.8 Å². The second-order valence-corrected chi connectivity index (χ2v) is 6.86. The molecule has 1 aliphatic rings. The van der Waals surface area contributed by atoms with Gasteiger partial charge in [-0.3, -0.25) is 4.90 Å². The Kier molecular flexibility index (Phi) is 5.91. The molecule has 5 nitrogen and oxygen atoms in total. The first-order valence-electron chi connectivity index (χ1n) is 8.92. The molecule has 2 aromatic carbocycles. The Bertz CT molecular complexity index is 767. The maximum atomic E-state index is 14.1. The Balaban J connectivity index is 1.55. The standard InChI is InChI=1S/C20H24F2N4O/c1-24(2)19-17(21)12-16(13-18(19)22)23-20(27)26-10-8-25(9-11-26)14-15-6-4-3-5-7-15/h3-7,12-13H,8-11,14H2,1-2H3,(H,23,27). The van der Waals surface area contributed by atoms with Gasteiger partial charge in [0.05, 0.1) is 0 Å². The lowest BCUT2D eigenvalue weighted by Gasteiger charge is -2.34. The zero-order chi connectivity index (χ0) is 19.4. The van der Waals surface area contributed by atoms with Crippen molar-refractivity contribution in [3.8, 4) is 0 Å². The first kappa shape index (κ1) is 19.1. The maximum absolute atomic E-state index is 14.1. The van der Waals surface area contributed by atoms with E-state index in [1.54, 1.807) is 19.0 Å². The van der Waals surface area contributed by atoms with Crippen LogP contribution >= 0.6 is 0 Å². The molecule has 0 unspecified atom stereocenters. The van der Waals surface area contributed by atoms with E-state index in [1.807, 2.05) is 18.2 Å². The predicted molar refractivity (Wildman–Crippen MR) is 103 cm³/mol. The van der Waals surface area contributed by atoms with Crippen molar-refractivity contribution >= 4 is 17.4 Å². The van der Waals surface area contributed by atoms with E-state index in [1.165, 1.54) is 10.5 Å². The van der Waals surface area contributed by atoms with Gasteiger partial charge in [-0.2, -0.15) is 0 Å². The maximum Gasteiger partial charge on any atom is 0.321 e.